The number of carbonyl (C=O) groups is 1. The number of halogens is 3. The molecule has 1 amide bonds. The van der Waals surface area contributed by atoms with Crippen molar-refractivity contribution in [1.82, 2.24) is 9.88 Å². The van der Waals surface area contributed by atoms with Gasteiger partial charge >= 0.3 is 6.18 Å². The Morgan fingerprint density at radius 2 is 2.00 bits per heavy atom. The molecule has 3 fully saturated rings. The van der Waals surface area contributed by atoms with Gasteiger partial charge < -0.3 is 20.3 Å². The van der Waals surface area contributed by atoms with Crippen LogP contribution in [0.2, 0.25) is 0 Å². The van der Waals surface area contributed by atoms with Crippen molar-refractivity contribution in [3.05, 3.63) is 23.9 Å². The lowest BCUT2D eigenvalue weighted by atomic mass is 9.72. The first kappa shape index (κ1) is 20.4. The number of piperazine rings is 1. The minimum atomic E-state index is -4.40. The van der Waals surface area contributed by atoms with Crippen LogP contribution >= 0.6 is 0 Å². The van der Waals surface area contributed by atoms with E-state index in [9.17, 15) is 18.0 Å². The Bertz CT molecular complexity index is 745. The predicted molar refractivity (Wildman–Crippen MR) is 101 cm³/mol. The molecule has 1 aromatic heterocycles. The van der Waals surface area contributed by atoms with Gasteiger partial charge in [0.15, 0.2) is 0 Å². The summed E-state index contributed by atoms with van der Waals surface area (Å²) < 4.78 is 44.5. The molecule has 3 heterocycles. The molecule has 1 aromatic rings. The van der Waals surface area contributed by atoms with Crippen LogP contribution in [0, 0.1) is 11.3 Å². The molecule has 2 aliphatic heterocycles. The fraction of sp³-hybridized carbons (Fsp3) is 0.700. The number of aromatic nitrogens is 1. The van der Waals surface area contributed by atoms with Crippen LogP contribution in [0.4, 0.5) is 19.0 Å². The SMILES string of the molecule is NC1CCC(C(=O)N2CCN(c3cc(C(F)(F)F)ccn3)CC2)([C@H]2CCOC2)C1. The molecular weight excluding hydrogens is 385 g/mol. The van der Waals surface area contributed by atoms with E-state index in [1.165, 1.54) is 6.20 Å². The summed E-state index contributed by atoms with van der Waals surface area (Å²) in [5.74, 6) is 0.637. The number of nitrogens with two attached hydrogens (primary N) is 1. The summed E-state index contributed by atoms with van der Waals surface area (Å²) >= 11 is 0. The number of hydrogen-bond donors (Lipinski definition) is 1. The minimum Gasteiger partial charge on any atom is -0.381 e. The molecule has 0 spiro atoms. The largest absolute Gasteiger partial charge is 0.416 e. The van der Waals surface area contributed by atoms with Gasteiger partial charge in [-0.2, -0.15) is 13.2 Å². The maximum atomic E-state index is 13.5. The highest BCUT2D eigenvalue weighted by atomic mass is 19.4. The normalized spacial score (nSPS) is 30.8. The van der Waals surface area contributed by atoms with Crippen molar-refractivity contribution >= 4 is 11.7 Å². The number of carbonyl (C=O) groups excluding carboxylic acids is 1. The van der Waals surface area contributed by atoms with E-state index >= 15 is 0 Å². The van der Waals surface area contributed by atoms with Crippen LogP contribution in [0.15, 0.2) is 18.3 Å². The monoisotopic (exact) mass is 412 g/mol. The molecule has 4 rings (SSSR count). The summed E-state index contributed by atoms with van der Waals surface area (Å²) in [6.45, 7) is 3.16. The van der Waals surface area contributed by atoms with Gasteiger partial charge in [0.25, 0.3) is 0 Å². The second-order valence-electron chi connectivity index (χ2n) is 8.40. The Hall–Kier alpha value is -1.87. The molecule has 0 radical (unpaired) electrons. The molecule has 6 nitrogen and oxygen atoms in total. The Morgan fingerprint density at radius 1 is 1.24 bits per heavy atom. The molecular formula is C20H27F3N4O2. The average molecular weight is 412 g/mol. The van der Waals surface area contributed by atoms with Crippen molar-refractivity contribution in [2.45, 2.75) is 37.9 Å². The maximum Gasteiger partial charge on any atom is 0.416 e. The average Bonchev–Trinajstić information content (AvgIpc) is 3.38. The van der Waals surface area contributed by atoms with E-state index < -0.39 is 17.2 Å². The second-order valence-corrected chi connectivity index (χ2v) is 8.40. The smallest absolute Gasteiger partial charge is 0.381 e. The number of anilines is 1. The first-order valence-electron chi connectivity index (χ1n) is 10.2. The number of alkyl halides is 3. The molecule has 160 valence electrons. The molecule has 2 saturated heterocycles. The molecule has 0 bridgehead atoms. The van der Waals surface area contributed by atoms with E-state index in [0.717, 1.165) is 31.4 Å². The van der Waals surface area contributed by atoms with E-state index in [1.807, 2.05) is 9.80 Å². The zero-order valence-corrected chi connectivity index (χ0v) is 16.3. The van der Waals surface area contributed by atoms with E-state index in [2.05, 4.69) is 4.98 Å². The van der Waals surface area contributed by atoms with Crippen molar-refractivity contribution in [1.29, 1.82) is 0 Å². The Morgan fingerprint density at radius 3 is 2.59 bits per heavy atom. The van der Waals surface area contributed by atoms with Gasteiger partial charge in [-0.15, -0.1) is 0 Å². The zero-order chi connectivity index (χ0) is 20.6. The summed E-state index contributed by atoms with van der Waals surface area (Å²) in [6, 6.07) is 2.08. The van der Waals surface area contributed by atoms with Crippen molar-refractivity contribution < 1.29 is 22.7 Å². The van der Waals surface area contributed by atoms with Crippen molar-refractivity contribution in [2.75, 3.05) is 44.3 Å². The Labute approximate surface area is 168 Å². The summed E-state index contributed by atoms with van der Waals surface area (Å²) in [6.07, 6.45) is -0.00818. The highest BCUT2D eigenvalue weighted by Crippen LogP contribution is 2.48. The van der Waals surface area contributed by atoms with Gasteiger partial charge in [-0.3, -0.25) is 4.79 Å². The number of hydrogen-bond acceptors (Lipinski definition) is 5. The molecule has 1 aliphatic carbocycles. The lowest BCUT2D eigenvalue weighted by Crippen LogP contribution is -2.55. The molecule has 3 atom stereocenters. The lowest BCUT2D eigenvalue weighted by Gasteiger charge is -2.42. The molecule has 2 unspecified atom stereocenters. The summed E-state index contributed by atoms with van der Waals surface area (Å²) in [5, 5.41) is 0. The number of nitrogens with zero attached hydrogens (tertiary/aromatic N) is 3. The predicted octanol–water partition coefficient (Wildman–Crippen LogP) is 2.28. The van der Waals surface area contributed by atoms with Crippen LogP contribution in [0.5, 0.6) is 0 Å². The molecule has 2 N–H and O–H groups in total. The van der Waals surface area contributed by atoms with Gasteiger partial charge in [0.2, 0.25) is 5.91 Å². The highest BCUT2D eigenvalue weighted by molar-refractivity contribution is 5.84. The van der Waals surface area contributed by atoms with Crippen molar-refractivity contribution in [3.8, 4) is 0 Å². The van der Waals surface area contributed by atoms with Crippen molar-refractivity contribution in [2.24, 2.45) is 17.1 Å². The third kappa shape index (κ3) is 3.94. The third-order valence-corrected chi connectivity index (χ3v) is 6.69. The molecule has 0 aromatic carbocycles. The summed E-state index contributed by atoms with van der Waals surface area (Å²) in [5.41, 5.74) is 5.01. The zero-order valence-electron chi connectivity index (χ0n) is 16.3. The van der Waals surface area contributed by atoms with Crippen LogP contribution in [-0.2, 0) is 15.7 Å². The summed E-state index contributed by atoms with van der Waals surface area (Å²) in [7, 11) is 0. The Balaban J connectivity index is 1.44. The van der Waals surface area contributed by atoms with Crippen LogP contribution in [0.25, 0.3) is 0 Å². The van der Waals surface area contributed by atoms with Crippen molar-refractivity contribution in [3.63, 3.8) is 0 Å². The summed E-state index contributed by atoms with van der Waals surface area (Å²) in [4.78, 5) is 21.3. The van der Waals surface area contributed by atoms with Gasteiger partial charge in [-0.1, -0.05) is 0 Å². The fourth-order valence-electron chi connectivity index (χ4n) is 5.05. The molecule has 29 heavy (non-hydrogen) atoms. The Kier molecular flexibility index (Phi) is 5.46. The van der Waals surface area contributed by atoms with Crippen LogP contribution < -0.4 is 10.6 Å². The molecule has 3 aliphatic rings. The third-order valence-electron chi connectivity index (χ3n) is 6.69. The number of pyridine rings is 1. The van der Waals surface area contributed by atoms with E-state index in [-0.39, 0.29) is 17.9 Å². The topological polar surface area (TPSA) is 71.7 Å². The minimum absolute atomic E-state index is 0.0372. The lowest BCUT2D eigenvalue weighted by molar-refractivity contribution is -0.146. The van der Waals surface area contributed by atoms with Gasteiger partial charge in [0.05, 0.1) is 17.6 Å². The number of amides is 1. The highest BCUT2D eigenvalue weighted by Gasteiger charge is 2.52. The molecule has 1 saturated carbocycles. The first-order valence-corrected chi connectivity index (χ1v) is 10.2. The number of ether oxygens (including phenoxy) is 1. The maximum absolute atomic E-state index is 13.5. The van der Waals surface area contributed by atoms with E-state index in [1.54, 1.807) is 0 Å². The second kappa shape index (κ2) is 7.75. The van der Waals surface area contributed by atoms with E-state index in [4.69, 9.17) is 10.5 Å². The first-order chi connectivity index (χ1) is 13.8. The van der Waals surface area contributed by atoms with Gasteiger partial charge in [-0.25, -0.2) is 4.98 Å². The number of rotatable bonds is 3. The molecule has 9 heteroatoms. The quantitative estimate of drug-likeness (QED) is 0.825. The van der Waals surface area contributed by atoms with Crippen LogP contribution in [0.3, 0.4) is 0 Å². The van der Waals surface area contributed by atoms with E-state index in [0.29, 0.717) is 51.6 Å². The van der Waals surface area contributed by atoms with Gasteiger partial charge in [0, 0.05) is 45.0 Å². The standard InChI is InChI=1S/C20H27F3N4O2/c21-20(22,23)14-2-5-25-17(11-14)26-6-8-27(9-7-26)18(28)19(4-1-16(24)12-19)15-3-10-29-13-15/h2,5,11,15-16H,1,3-4,6-10,12-13,24H2/t15-,16?,19?/m0/s1. The van der Waals surface area contributed by atoms with Gasteiger partial charge in [-0.05, 0) is 43.7 Å². The fourth-order valence-corrected chi connectivity index (χ4v) is 5.05. The van der Waals surface area contributed by atoms with Crippen LogP contribution in [-0.4, -0.2) is 61.2 Å². The van der Waals surface area contributed by atoms with Gasteiger partial charge in [0.1, 0.15) is 5.82 Å². The van der Waals surface area contributed by atoms with Crippen LogP contribution in [0.1, 0.15) is 31.2 Å².